The Morgan fingerprint density at radius 3 is 2.86 bits per heavy atom. The lowest BCUT2D eigenvalue weighted by atomic mass is 10.1. The Hall–Kier alpha value is -2.07. The van der Waals surface area contributed by atoms with Gasteiger partial charge in [0.1, 0.15) is 0 Å². The molecular weight excluding hydrogens is 292 g/mol. The van der Waals surface area contributed by atoms with Gasteiger partial charge in [-0.15, -0.1) is 11.3 Å². The van der Waals surface area contributed by atoms with Crippen LogP contribution in [0.3, 0.4) is 0 Å². The summed E-state index contributed by atoms with van der Waals surface area (Å²) < 4.78 is 0. The van der Waals surface area contributed by atoms with Crippen molar-refractivity contribution in [1.82, 2.24) is 10.3 Å². The number of H-pyrrole nitrogens is 1. The molecule has 2 heterocycles. The van der Waals surface area contributed by atoms with Crippen LogP contribution in [0.15, 0.2) is 42.6 Å². The van der Waals surface area contributed by atoms with E-state index in [9.17, 15) is 4.79 Å². The number of benzene rings is 1. The highest BCUT2D eigenvalue weighted by molar-refractivity contribution is 7.12. The van der Waals surface area contributed by atoms with Crippen LogP contribution < -0.4 is 5.32 Å². The van der Waals surface area contributed by atoms with Gasteiger partial charge >= 0.3 is 0 Å². The van der Waals surface area contributed by atoms with E-state index in [2.05, 4.69) is 41.5 Å². The fourth-order valence-corrected chi connectivity index (χ4v) is 3.54. The molecule has 1 aromatic carbocycles. The van der Waals surface area contributed by atoms with Crippen molar-refractivity contribution >= 4 is 28.1 Å². The molecule has 0 aliphatic carbocycles. The van der Waals surface area contributed by atoms with Crippen molar-refractivity contribution in [2.24, 2.45) is 0 Å². The van der Waals surface area contributed by atoms with Gasteiger partial charge in [0.15, 0.2) is 0 Å². The molecule has 1 unspecified atom stereocenters. The molecule has 0 radical (unpaired) electrons. The predicted molar refractivity (Wildman–Crippen MR) is 92.2 cm³/mol. The summed E-state index contributed by atoms with van der Waals surface area (Å²) in [5.74, 6) is 0.101. The number of thiophene rings is 1. The van der Waals surface area contributed by atoms with Gasteiger partial charge in [-0.2, -0.15) is 0 Å². The van der Waals surface area contributed by atoms with Crippen molar-refractivity contribution < 1.29 is 4.79 Å². The number of aryl methyl sites for hydroxylation is 2. The molecule has 3 aromatic rings. The smallest absolute Gasteiger partial charge is 0.220 e. The molecule has 0 saturated carbocycles. The van der Waals surface area contributed by atoms with Gasteiger partial charge < -0.3 is 10.3 Å². The minimum Gasteiger partial charge on any atom is -0.361 e. The quantitative estimate of drug-likeness (QED) is 0.723. The van der Waals surface area contributed by atoms with Crippen molar-refractivity contribution in [3.8, 4) is 0 Å². The zero-order chi connectivity index (χ0) is 15.5. The fourth-order valence-electron chi connectivity index (χ4n) is 2.66. The lowest BCUT2D eigenvalue weighted by Gasteiger charge is -2.12. The van der Waals surface area contributed by atoms with E-state index in [4.69, 9.17) is 0 Å². The Kier molecular flexibility index (Phi) is 4.29. The van der Waals surface area contributed by atoms with Crippen LogP contribution in [-0.4, -0.2) is 10.9 Å². The molecule has 0 saturated heterocycles. The summed E-state index contributed by atoms with van der Waals surface area (Å²) in [6.07, 6.45) is 3.27. The summed E-state index contributed by atoms with van der Waals surface area (Å²) in [6.45, 7) is 4.12. The number of rotatable bonds is 5. The molecule has 2 aromatic heterocycles. The van der Waals surface area contributed by atoms with Crippen LogP contribution in [-0.2, 0) is 11.2 Å². The maximum absolute atomic E-state index is 12.1. The van der Waals surface area contributed by atoms with Crippen molar-refractivity contribution in [3.05, 3.63) is 57.9 Å². The van der Waals surface area contributed by atoms with E-state index >= 15 is 0 Å². The molecule has 1 amide bonds. The van der Waals surface area contributed by atoms with Crippen LogP contribution in [0.4, 0.5) is 0 Å². The van der Waals surface area contributed by atoms with Crippen molar-refractivity contribution in [1.29, 1.82) is 0 Å². The number of carbonyl (C=O) groups is 1. The lowest BCUT2D eigenvalue weighted by molar-refractivity contribution is -0.121. The third-order valence-electron chi connectivity index (χ3n) is 3.86. The summed E-state index contributed by atoms with van der Waals surface area (Å²) >= 11 is 1.74. The Bertz CT molecular complexity index is 787. The van der Waals surface area contributed by atoms with Crippen molar-refractivity contribution in [2.75, 3.05) is 0 Å². The van der Waals surface area contributed by atoms with Gasteiger partial charge in [0.2, 0.25) is 5.91 Å². The first-order chi connectivity index (χ1) is 10.6. The normalized spacial score (nSPS) is 12.5. The second-order valence-corrected chi connectivity index (χ2v) is 6.92. The van der Waals surface area contributed by atoms with Crippen molar-refractivity contribution in [3.63, 3.8) is 0 Å². The average molecular weight is 312 g/mol. The van der Waals surface area contributed by atoms with Crippen molar-refractivity contribution in [2.45, 2.75) is 32.7 Å². The molecule has 4 heteroatoms. The molecule has 0 spiro atoms. The largest absolute Gasteiger partial charge is 0.361 e. The number of para-hydroxylation sites is 1. The summed E-state index contributed by atoms with van der Waals surface area (Å²) in [6, 6.07) is 12.4. The topological polar surface area (TPSA) is 44.9 Å². The van der Waals surface area contributed by atoms with Gasteiger partial charge in [-0.1, -0.05) is 18.2 Å². The van der Waals surface area contributed by atoms with E-state index in [0.717, 1.165) is 11.9 Å². The van der Waals surface area contributed by atoms with Crippen LogP contribution >= 0.6 is 11.3 Å². The third-order valence-corrected chi connectivity index (χ3v) is 5.05. The van der Waals surface area contributed by atoms with Gasteiger partial charge in [0, 0.05) is 33.3 Å². The van der Waals surface area contributed by atoms with E-state index in [-0.39, 0.29) is 11.9 Å². The minimum atomic E-state index is 0.0779. The number of hydrogen-bond acceptors (Lipinski definition) is 2. The second-order valence-electron chi connectivity index (χ2n) is 5.60. The molecule has 3 nitrogen and oxygen atoms in total. The summed E-state index contributed by atoms with van der Waals surface area (Å²) in [7, 11) is 0. The third kappa shape index (κ3) is 3.22. The molecule has 1 atom stereocenters. The SMILES string of the molecule is Cc1ccc(C(C)NC(=O)CCc2c[nH]c3ccccc23)s1. The van der Waals surface area contributed by atoms with Gasteiger partial charge in [-0.25, -0.2) is 0 Å². The summed E-state index contributed by atoms with van der Waals surface area (Å²) in [5.41, 5.74) is 2.32. The highest BCUT2D eigenvalue weighted by atomic mass is 32.1. The van der Waals surface area contributed by atoms with Gasteiger partial charge in [-0.05, 0) is 44.0 Å². The highest BCUT2D eigenvalue weighted by Gasteiger charge is 2.12. The van der Waals surface area contributed by atoms with Gasteiger partial charge in [0.05, 0.1) is 6.04 Å². The zero-order valence-corrected chi connectivity index (χ0v) is 13.7. The molecule has 0 fully saturated rings. The molecule has 22 heavy (non-hydrogen) atoms. The Balaban J connectivity index is 1.58. The average Bonchev–Trinajstić information content (AvgIpc) is 3.11. The van der Waals surface area contributed by atoms with Crippen LogP contribution in [0, 0.1) is 6.92 Å². The fraction of sp³-hybridized carbons (Fsp3) is 0.278. The molecule has 2 N–H and O–H groups in total. The molecule has 0 bridgehead atoms. The Morgan fingerprint density at radius 1 is 1.27 bits per heavy atom. The summed E-state index contributed by atoms with van der Waals surface area (Å²) in [5, 5.41) is 4.29. The minimum absolute atomic E-state index is 0.0779. The zero-order valence-electron chi connectivity index (χ0n) is 12.8. The first-order valence-electron chi connectivity index (χ1n) is 7.54. The van der Waals surface area contributed by atoms with E-state index in [1.807, 2.05) is 25.3 Å². The number of nitrogens with one attached hydrogen (secondary N) is 2. The molecular formula is C18H20N2OS. The van der Waals surface area contributed by atoms with Crippen LogP contribution in [0.25, 0.3) is 10.9 Å². The summed E-state index contributed by atoms with van der Waals surface area (Å²) in [4.78, 5) is 17.9. The van der Waals surface area contributed by atoms with Crippen LogP contribution in [0.5, 0.6) is 0 Å². The number of hydrogen-bond donors (Lipinski definition) is 2. The highest BCUT2D eigenvalue weighted by Crippen LogP contribution is 2.23. The Morgan fingerprint density at radius 2 is 2.09 bits per heavy atom. The predicted octanol–water partition coefficient (Wildman–Crippen LogP) is 4.35. The maximum atomic E-state index is 12.1. The number of aromatic amines is 1. The number of fused-ring (bicyclic) bond motifs is 1. The molecule has 3 rings (SSSR count). The van der Waals surface area contributed by atoms with Gasteiger partial charge in [0.25, 0.3) is 0 Å². The van der Waals surface area contributed by atoms with Gasteiger partial charge in [-0.3, -0.25) is 4.79 Å². The molecule has 114 valence electrons. The first-order valence-corrected chi connectivity index (χ1v) is 8.36. The monoisotopic (exact) mass is 312 g/mol. The van der Waals surface area contributed by atoms with E-state index in [1.54, 1.807) is 11.3 Å². The standard InChI is InChI=1S/C18H20N2OS/c1-12-7-9-17(22-12)13(2)20-18(21)10-8-14-11-19-16-6-4-3-5-15(14)16/h3-7,9,11,13,19H,8,10H2,1-2H3,(H,20,21). The molecule has 0 aliphatic rings. The first kappa shape index (κ1) is 14.9. The second kappa shape index (κ2) is 6.36. The van der Waals surface area contributed by atoms with E-state index < -0.39 is 0 Å². The van der Waals surface area contributed by atoms with Crippen LogP contribution in [0.2, 0.25) is 0 Å². The van der Waals surface area contributed by atoms with E-state index in [1.165, 1.54) is 20.7 Å². The number of amides is 1. The number of carbonyl (C=O) groups excluding carboxylic acids is 1. The lowest BCUT2D eigenvalue weighted by Crippen LogP contribution is -2.26. The molecule has 0 aliphatic heterocycles. The Labute approximate surface area is 134 Å². The van der Waals surface area contributed by atoms with E-state index in [0.29, 0.717) is 6.42 Å². The number of aromatic nitrogens is 1. The van der Waals surface area contributed by atoms with Crippen LogP contribution in [0.1, 0.15) is 34.7 Å². The maximum Gasteiger partial charge on any atom is 0.220 e.